The molecule has 0 unspecified atom stereocenters. The van der Waals surface area contributed by atoms with E-state index < -0.39 is 0 Å². The van der Waals surface area contributed by atoms with Gasteiger partial charge in [-0.3, -0.25) is 0 Å². The fourth-order valence-electron chi connectivity index (χ4n) is 10.0. The molecule has 0 spiro atoms. The van der Waals surface area contributed by atoms with Gasteiger partial charge in [0.1, 0.15) is 11.2 Å². The average molecular weight is 754 g/mol. The lowest BCUT2D eigenvalue weighted by Gasteiger charge is -2.30. The van der Waals surface area contributed by atoms with Crippen LogP contribution in [0.25, 0.3) is 87.6 Å². The Morgan fingerprint density at radius 2 is 1.03 bits per heavy atom. The van der Waals surface area contributed by atoms with Gasteiger partial charge in [0.25, 0.3) is 0 Å². The van der Waals surface area contributed by atoms with Gasteiger partial charge in [-0.15, -0.1) is 0 Å². The summed E-state index contributed by atoms with van der Waals surface area (Å²) in [4.78, 5) is 2.45. The van der Waals surface area contributed by atoms with E-state index in [-0.39, 0.29) is 5.41 Å². The first-order chi connectivity index (χ1) is 29.0. The summed E-state index contributed by atoms with van der Waals surface area (Å²) >= 11 is 0. The van der Waals surface area contributed by atoms with Crippen LogP contribution in [0.1, 0.15) is 25.0 Å². The van der Waals surface area contributed by atoms with Gasteiger partial charge >= 0.3 is 0 Å². The number of hydrogen-bond donors (Lipinski definition) is 0. The standard InChI is InChI=1S/C57H39NO/c1-57(2)51-23-11-9-20-45(51)46-33-31-40(35-52(46)57)58(39-29-26-37(27-30-39)50-34-38-15-4-5-16-41(38)43-18-7-8-19-44(43)50)53-24-12-10-21-47(53)48-22-13-25-54-55(48)49-32-28-36-14-3-6-17-42(36)56(49)59-54/h3-35H,1-2H3. The smallest absolute Gasteiger partial charge is 0.143 e. The van der Waals surface area contributed by atoms with E-state index in [1.54, 1.807) is 0 Å². The zero-order valence-electron chi connectivity index (χ0n) is 32.9. The number of para-hydroxylation sites is 1. The molecule has 12 rings (SSSR count). The fourth-order valence-corrected chi connectivity index (χ4v) is 10.0. The Hall–Kier alpha value is -7.42. The van der Waals surface area contributed by atoms with Crippen LogP contribution < -0.4 is 4.90 Å². The minimum absolute atomic E-state index is 0.141. The molecule has 10 aromatic carbocycles. The highest BCUT2D eigenvalue weighted by atomic mass is 16.3. The van der Waals surface area contributed by atoms with Gasteiger partial charge in [0.15, 0.2) is 0 Å². The van der Waals surface area contributed by atoms with E-state index in [0.29, 0.717) is 0 Å². The minimum Gasteiger partial charge on any atom is -0.455 e. The molecule has 0 saturated heterocycles. The quantitative estimate of drug-likeness (QED) is 0.163. The van der Waals surface area contributed by atoms with Gasteiger partial charge in [0.05, 0.1) is 5.69 Å². The lowest BCUT2D eigenvalue weighted by atomic mass is 9.82. The largest absolute Gasteiger partial charge is 0.455 e. The molecule has 2 heteroatoms. The van der Waals surface area contributed by atoms with E-state index in [9.17, 15) is 0 Å². The highest BCUT2D eigenvalue weighted by molar-refractivity contribution is 6.20. The Morgan fingerprint density at radius 3 is 1.88 bits per heavy atom. The van der Waals surface area contributed by atoms with Crippen molar-refractivity contribution in [3.8, 4) is 33.4 Å². The molecule has 0 bridgehead atoms. The number of nitrogens with zero attached hydrogens (tertiary/aromatic N) is 1. The van der Waals surface area contributed by atoms with Crippen LogP contribution in [0.4, 0.5) is 17.1 Å². The predicted molar refractivity (Wildman–Crippen MR) is 249 cm³/mol. The molecule has 0 N–H and O–H groups in total. The van der Waals surface area contributed by atoms with Crippen molar-refractivity contribution < 1.29 is 4.42 Å². The molecular weight excluding hydrogens is 715 g/mol. The van der Waals surface area contributed by atoms with Gasteiger partial charge in [0.2, 0.25) is 0 Å². The second kappa shape index (κ2) is 12.8. The molecule has 0 aliphatic heterocycles. The van der Waals surface area contributed by atoms with Crippen molar-refractivity contribution in [1.29, 1.82) is 0 Å². The fraction of sp³-hybridized carbons (Fsp3) is 0.0526. The molecule has 0 saturated carbocycles. The molecule has 0 amide bonds. The van der Waals surface area contributed by atoms with Crippen LogP contribution in [0.2, 0.25) is 0 Å². The molecule has 1 heterocycles. The van der Waals surface area contributed by atoms with Gasteiger partial charge in [-0.1, -0.05) is 166 Å². The molecule has 1 aromatic heterocycles. The molecule has 59 heavy (non-hydrogen) atoms. The summed E-state index contributed by atoms with van der Waals surface area (Å²) in [6.45, 7) is 4.72. The van der Waals surface area contributed by atoms with Crippen LogP contribution in [-0.4, -0.2) is 0 Å². The van der Waals surface area contributed by atoms with Crippen LogP contribution in [0, 0.1) is 0 Å². The van der Waals surface area contributed by atoms with Crippen LogP contribution in [0.15, 0.2) is 205 Å². The van der Waals surface area contributed by atoms with Crippen molar-refractivity contribution in [2.75, 3.05) is 4.90 Å². The highest BCUT2D eigenvalue weighted by Gasteiger charge is 2.36. The Morgan fingerprint density at radius 1 is 0.390 bits per heavy atom. The lowest BCUT2D eigenvalue weighted by molar-refractivity contribution is 0.660. The Kier molecular flexibility index (Phi) is 7.31. The maximum atomic E-state index is 6.70. The maximum Gasteiger partial charge on any atom is 0.143 e. The monoisotopic (exact) mass is 753 g/mol. The average Bonchev–Trinajstić information content (AvgIpc) is 3.79. The Balaban J connectivity index is 1.07. The lowest BCUT2D eigenvalue weighted by Crippen LogP contribution is -2.16. The van der Waals surface area contributed by atoms with Crippen molar-refractivity contribution in [2.45, 2.75) is 19.3 Å². The van der Waals surface area contributed by atoms with E-state index in [1.807, 2.05) is 0 Å². The molecule has 278 valence electrons. The second-order valence-corrected chi connectivity index (χ2v) is 16.4. The number of fused-ring (bicyclic) bond motifs is 11. The first-order valence-electron chi connectivity index (χ1n) is 20.5. The number of rotatable bonds is 5. The van der Waals surface area contributed by atoms with Crippen LogP contribution in [-0.2, 0) is 5.41 Å². The van der Waals surface area contributed by atoms with Crippen LogP contribution >= 0.6 is 0 Å². The topological polar surface area (TPSA) is 16.4 Å². The highest BCUT2D eigenvalue weighted by Crippen LogP contribution is 2.52. The van der Waals surface area contributed by atoms with E-state index >= 15 is 0 Å². The third-order valence-corrected chi connectivity index (χ3v) is 12.9. The third kappa shape index (κ3) is 5.06. The van der Waals surface area contributed by atoms with Crippen LogP contribution in [0.3, 0.4) is 0 Å². The molecule has 1 aliphatic carbocycles. The van der Waals surface area contributed by atoms with Gasteiger partial charge in [0, 0.05) is 38.5 Å². The molecule has 11 aromatic rings. The predicted octanol–water partition coefficient (Wildman–Crippen LogP) is 16.2. The summed E-state index contributed by atoms with van der Waals surface area (Å²) in [5.74, 6) is 0. The first-order valence-corrected chi connectivity index (χ1v) is 20.5. The van der Waals surface area contributed by atoms with E-state index in [2.05, 4.69) is 219 Å². The third-order valence-electron chi connectivity index (χ3n) is 12.9. The summed E-state index contributed by atoms with van der Waals surface area (Å²) in [6, 6.07) is 73.2. The Labute approximate surface area is 343 Å². The summed E-state index contributed by atoms with van der Waals surface area (Å²) in [5, 5.41) is 9.62. The van der Waals surface area contributed by atoms with Crippen molar-refractivity contribution in [3.63, 3.8) is 0 Å². The first kappa shape index (κ1) is 33.7. The van der Waals surface area contributed by atoms with Crippen molar-refractivity contribution in [3.05, 3.63) is 211 Å². The number of furan rings is 1. The molecule has 1 aliphatic rings. The van der Waals surface area contributed by atoms with E-state index in [1.165, 1.54) is 60.3 Å². The number of anilines is 3. The van der Waals surface area contributed by atoms with Gasteiger partial charge < -0.3 is 9.32 Å². The van der Waals surface area contributed by atoms with Crippen molar-refractivity contribution in [2.24, 2.45) is 0 Å². The molecule has 2 nitrogen and oxygen atoms in total. The van der Waals surface area contributed by atoms with E-state index in [4.69, 9.17) is 4.42 Å². The summed E-state index contributed by atoms with van der Waals surface area (Å²) in [5.41, 5.74) is 15.0. The Bertz CT molecular complexity index is 3480. The number of hydrogen-bond acceptors (Lipinski definition) is 2. The van der Waals surface area contributed by atoms with Gasteiger partial charge in [-0.05, 0) is 114 Å². The van der Waals surface area contributed by atoms with Gasteiger partial charge in [-0.2, -0.15) is 0 Å². The SMILES string of the molecule is CC1(C)c2ccccc2-c2ccc(N(c3ccc(-c4cc5ccccc5c5ccccc45)cc3)c3ccccc3-c3cccc4oc5c6ccccc6ccc5c34)cc21. The second-order valence-electron chi connectivity index (χ2n) is 16.4. The molecule has 0 fully saturated rings. The molecular formula is C57H39NO. The van der Waals surface area contributed by atoms with Crippen molar-refractivity contribution in [1.82, 2.24) is 0 Å². The summed E-state index contributed by atoms with van der Waals surface area (Å²) in [7, 11) is 0. The maximum absolute atomic E-state index is 6.70. The van der Waals surface area contributed by atoms with E-state index in [0.717, 1.165) is 55.5 Å². The number of benzene rings is 10. The zero-order chi connectivity index (χ0) is 39.2. The van der Waals surface area contributed by atoms with Crippen molar-refractivity contribution >= 4 is 71.3 Å². The summed E-state index contributed by atoms with van der Waals surface area (Å²) < 4.78 is 6.70. The molecule has 0 atom stereocenters. The summed E-state index contributed by atoms with van der Waals surface area (Å²) in [6.07, 6.45) is 0. The minimum atomic E-state index is -0.141. The normalized spacial score (nSPS) is 13.1. The zero-order valence-corrected chi connectivity index (χ0v) is 32.9. The van der Waals surface area contributed by atoms with Gasteiger partial charge in [-0.25, -0.2) is 0 Å². The molecule has 0 radical (unpaired) electrons. The van der Waals surface area contributed by atoms with Crippen LogP contribution in [0.5, 0.6) is 0 Å².